The van der Waals surface area contributed by atoms with Gasteiger partial charge in [-0.3, -0.25) is 19.5 Å². The number of imidazole rings is 1. The van der Waals surface area contributed by atoms with Gasteiger partial charge in [-0.2, -0.15) is 0 Å². The molecule has 0 aliphatic carbocycles. The monoisotopic (exact) mass is 522 g/mol. The highest BCUT2D eigenvalue weighted by molar-refractivity contribution is 7.99. The van der Waals surface area contributed by atoms with Gasteiger partial charge in [-0.15, -0.1) is 0 Å². The van der Waals surface area contributed by atoms with Crippen molar-refractivity contribution in [3.63, 3.8) is 0 Å². The molecule has 4 rings (SSSR count). The highest BCUT2D eigenvalue weighted by Crippen LogP contribution is 2.34. The van der Waals surface area contributed by atoms with Crippen molar-refractivity contribution in [3.8, 4) is 22.9 Å². The van der Waals surface area contributed by atoms with Gasteiger partial charge in [0.05, 0.1) is 48.7 Å². The third kappa shape index (κ3) is 5.78. The highest BCUT2D eigenvalue weighted by Gasteiger charge is 2.19. The van der Waals surface area contributed by atoms with Crippen LogP contribution in [0.2, 0.25) is 0 Å². The van der Waals surface area contributed by atoms with Crippen LogP contribution in [0.25, 0.3) is 16.7 Å². The second kappa shape index (κ2) is 11.7. The number of benzene rings is 3. The van der Waals surface area contributed by atoms with E-state index in [1.54, 1.807) is 27.4 Å². The summed E-state index contributed by atoms with van der Waals surface area (Å²) in [6, 6.07) is 17.6. The van der Waals surface area contributed by atoms with E-state index in [1.807, 2.05) is 47.0 Å². The van der Waals surface area contributed by atoms with Crippen LogP contribution in [0.5, 0.6) is 17.2 Å². The molecule has 0 saturated carbocycles. The van der Waals surface area contributed by atoms with Crippen LogP contribution in [-0.4, -0.2) is 54.0 Å². The third-order valence-corrected chi connectivity index (χ3v) is 6.60. The Balaban J connectivity index is 1.50. The Bertz CT molecular complexity index is 1440. The average molecular weight is 523 g/mol. The van der Waals surface area contributed by atoms with Gasteiger partial charge >= 0.3 is 0 Å². The van der Waals surface area contributed by atoms with E-state index in [1.165, 1.54) is 23.9 Å². The van der Waals surface area contributed by atoms with Crippen molar-refractivity contribution >= 4 is 34.4 Å². The molecule has 10 nitrogen and oxygen atoms in total. The summed E-state index contributed by atoms with van der Waals surface area (Å²) in [5.41, 5.74) is 2.80. The number of nitrogens with one attached hydrogen (secondary N) is 1. The van der Waals surface area contributed by atoms with E-state index < -0.39 is 4.92 Å². The molecule has 3 aromatic carbocycles. The number of aromatic nitrogens is 2. The highest BCUT2D eigenvalue weighted by atomic mass is 32.2. The largest absolute Gasteiger partial charge is 0.495 e. The molecular formula is C26H26N4O6S. The quantitative estimate of drug-likeness (QED) is 0.175. The summed E-state index contributed by atoms with van der Waals surface area (Å²) >= 11 is 1.24. The number of hydrogen-bond donors (Lipinski definition) is 1. The number of thioether (sulfide) groups is 1. The van der Waals surface area contributed by atoms with E-state index in [9.17, 15) is 14.9 Å². The molecule has 1 heterocycles. The van der Waals surface area contributed by atoms with Gasteiger partial charge in [-0.05, 0) is 42.3 Å². The second-order valence-electron chi connectivity index (χ2n) is 7.91. The van der Waals surface area contributed by atoms with E-state index in [2.05, 4.69) is 10.3 Å². The molecule has 1 amide bonds. The van der Waals surface area contributed by atoms with E-state index in [0.717, 1.165) is 11.3 Å². The standard InChI is InChI=1S/C26H26N4O6S/c1-34-22-7-5-4-6-21(22)29-20-10-9-18(30(32)33)15-19(20)28-26(29)37-16-25(31)27-13-12-17-8-11-23(35-2)24(14-17)36-3/h4-11,14-15H,12-13,16H2,1-3H3,(H,27,31). The number of rotatable bonds is 11. The van der Waals surface area contributed by atoms with Gasteiger partial charge in [0.15, 0.2) is 16.7 Å². The number of non-ortho nitro benzene ring substituents is 1. The van der Waals surface area contributed by atoms with Crippen molar-refractivity contribution in [1.29, 1.82) is 0 Å². The van der Waals surface area contributed by atoms with Crippen molar-refractivity contribution < 1.29 is 23.9 Å². The van der Waals surface area contributed by atoms with E-state index in [-0.39, 0.29) is 17.3 Å². The van der Waals surface area contributed by atoms with Crippen LogP contribution in [0, 0.1) is 10.1 Å². The van der Waals surface area contributed by atoms with Gasteiger partial charge in [0.2, 0.25) is 5.91 Å². The van der Waals surface area contributed by atoms with Gasteiger partial charge in [0.25, 0.3) is 5.69 Å². The normalized spacial score (nSPS) is 10.8. The van der Waals surface area contributed by atoms with Crippen molar-refractivity contribution in [3.05, 3.63) is 76.3 Å². The first-order valence-electron chi connectivity index (χ1n) is 11.4. The van der Waals surface area contributed by atoms with Gasteiger partial charge in [-0.25, -0.2) is 4.98 Å². The van der Waals surface area contributed by atoms with Crippen molar-refractivity contribution in [1.82, 2.24) is 14.9 Å². The molecule has 1 N–H and O–H groups in total. The Labute approximate surface area is 217 Å². The number of para-hydroxylation sites is 2. The van der Waals surface area contributed by atoms with Crippen LogP contribution in [0.1, 0.15) is 5.56 Å². The first-order valence-corrected chi connectivity index (χ1v) is 12.3. The summed E-state index contributed by atoms with van der Waals surface area (Å²) in [5.74, 6) is 1.86. The average Bonchev–Trinajstić information content (AvgIpc) is 3.29. The summed E-state index contributed by atoms with van der Waals surface area (Å²) < 4.78 is 18.0. The molecule has 1 aromatic heterocycles. The fourth-order valence-corrected chi connectivity index (χ4v) is 4.72. The Hall–Kier alpha value is -4.25. The molecule has 0 atom stereocenters. The Morgan fingerprint density at radius 3 is 2.49 bits per heavy atom. The van der Waals surface area contributed by atoms with Crippen LogP contribution in [0.3, 0.4) is 0 Å². The summed E-state index contributed by atoms with van der Waals surface area (Å²) in [6.45, 7) is 0.448. The fourth-order valence-electron chi connectivity index (χ4n) is 3.87. The summed E-state index contributed by atoms with van der Waals surface area (Å²) in [4.78, 5) is 28.0. The molecule has 0 unspecified atom stereocenters. The number of nitro groups is 1. The number of ether oxygens (including phenoxy) is 3. The zero-order chi connectivity index (χ0) is 26.4. The minimum absolute atomic E-state index is 0.0540. The SMILES string of the molecule is COc1ccc(CCNC(=O)CSc2nc3cc([N+](=O)[O-])ccc3n2-c2ccccc2OC)cc1OC. The van der Waals surface area contributed by atoms with Gasteiger partial charge < -0.3 is 19.5 Å². The number of amides is 1. The smallest absolute Gasteiger partial charge is 0.271 e. The maximum Gasteiger partial charge on any atom is 0.271 e. The first kappa shape index (κ1) is 25.8. The van der Waals surface area contributed by atoms with Crippen LogP contribution in [0.4, 0.5) is 5.69 Å². The van der Waals surface area contributed by atoms with Crippen LogP contribution >= 0.6 is 11.8 Å². The molecule has 0 aliphatic rings. The number of carbonyl (C=O) groups is 1. The van der Waals surface area contributed by atoms with Crippen LogP contribution < -0.4 is 19.5 Å². The molecule has 11 heteroatoms. The van der Waals surface area contributed by atoms with E-state index >= 15 is 0 Å². The molecule has 0 aliphatic heterocycles. The van der Waals surface area contributed by atoms with Crippen molar-refractivity contribution in [2.45, 2.75) is 11.6 Å². The summed E-state index contributed by atoms with van der Waals surface area (Å²) in [6.07, 6.45) is 0.625. The molecule has 0 bridgehead atoms. The molecule has 37 heavy (non-hydrogen) atoms. The maximum absolute atomic E-state index is 12.6. The lowest BCUT2D eigenvalue weighted by atomic mass is 10.1. The molecule has 0 fully saturated rings. The number of methoxy groups -OCH3 is 3. The minimum atomic E-state index is -0.458. The number of carbonyl (C=O) groups excluding carboxylic acids is 1. The summed E-state index contributed by atoms with van der Waals surface area (Å²) in [7, 11) is 4.73. The van der Waals surface area contributed by atoms with Crippen LogP contribution in [0.15, 0.2) is 65.8 Å². The first-order chi connectivity index (χ1) is 17.9. The Morgan fingerprint density at radius 2 is 1.76 bits per heavy atom. The lowest BCUT2D eigenvalue weighted by Gasteiger charge is -2.13. The molecule has 0 radical (unpaired) electrons. The Kier molecular flexibility index (Phi) is 8.14. The molecule has 4 aromatic rings. The van der Waals surface area contributed by atoms with Gasteiger partial charge in [0, 0.05) is 18.7 Å². The zero-order valence-electron chi connectivity index (χ0n) is 20.6. The van der Waals surface area contributed by atoms with Gasteiger partial charge in [-0.1, -0.05) is 30.0 Å². The number of nitro benzene ring substituents is 1. The topological polar surface area (TPSA) is 118 Å². The van der Waals surface area contributed by atoms with Crippen molar-refractivity contribution in [2.75, 3.05) is 33.6 Å². The number of hydrogen-bond acceptors (Lipinski definition) is 8. The lowest BCUT2D eigenvalue weighted by molar-refractivity contribution is -0.384. The number of fused-ring (bicyclic) bond motifs is 1. The Morgan fingerprint density at radius 1 is 1.00 bits per heavy atom. The predicted octanol–water partition coefficient (Wildman–Crippen LogP) is 4.41. The molecule has 0 saturated heterocycles. The second-order valence-corrected chi connectivity index (χ2v) is 8.85. The van der Waals surface area contributed by atoms with E-state index in [4.69, 9.17) is 14.2 Å². The molecule has 192 valence electrons. The zero-order valence-corrected chi connectivity index (χ0v) is 21.4. The summed E-state index contributed by atoms with van der Waals surface area (Å²) in [5, 5.41) is 14.7. The molecular weight excluding hydrogens is 496 g/mol. The third-order valence-electron chi connectivity index (χ3n) is 5.66. The minimum Gasteiger partial charge on any atom is -0.495 e. The fraction of sp³-hybridized carbons (Fsp3) is 0.231. The van der Waals surface area contributed by atoms with Crippen LogP contribution in [-0.2, 0) is 11.2 Å². The number of nitrogens with zero attached hydrogens (tertiary/aromatic N) is 3. The van der Waals surface area contributed by atoms with E-state index in [0.29, 0.717) is 46.4 Å². The molecule has 0 spiro atoms. The maximum atomic E-state index is 12.6. The predicted molar refractivity (Wildman–Crippen MR) is 141 cm³/mol. The van der Waals surface area contributed by atoms with Crippen molar-refractivity contribution in [2.24, 2.45) is 0 Å². The lowest BCUT2D eigenvalue weighted by Crippen LogP contribution is -2.27. The van der Waals surface area contributed by atoms with Gasteiger partial charge in [0.1, 0.15) is 5.75 Å².